The zero-order chi connectivity index (χ0) is 14.6. The van der Waals surface area contributed by atoms with Gasteiger partial charge in [-0.1, -0.05) is 44.2 Å². The number of thiophene rings is 1. The van der Waals surface area contributed by atoms with Crippen molar-refractivity contribution in [2.24, 2.45) is 5.73 Å². The van der Waals surface area contributed by atoms with Crippen molar-refractivity contribution in [1.29, 1.82) is 0 Å². The molecule has 3 heteroatoms. The van der Waals surface area contributed by atoms with E-state index in [1.54, 1.807) is 11.3 Å². The minimum Gasteiger partial charge on any atom is -0.327 e. The van der Waals surface area contributed by atoms with Crippen LogP contribution in [0.1, 0.15) is 37.1 Å². The van der Waals surface area contributed by atoms with E-state index in [4.69, 9.17) is 5.73 Å². The van der Waals surface area contributed by atoms with Crippen molar-refractivity contribution in [3.05, 3.63) is 56.7 Å². The van der Waals surface area contributed by atoms with Crippen LogP contribution in [0.3, 0.4) is 0 Å². The Bertz CT molecular complexity index is 531. The predicted octanol–water partition coefficient (Wildman–Crippen LogP) is 5.14. The Labute approximate surface area is 134 Å². The Morgan fingerprint density at radius 2 is 1.85 bits per heavy atom. The van der Waals surface area contributed by atoms with E-state index in [9.17, 15) is 0 Å². The van der Waals surface area contributed by atoms with Gasteiger partial charge in [0.2, 0.25) is 0 Å². The number of hydrogen-bond donors (Lipinski definition) is 1. The molecule has 1 atom stereocenters. The van der Waals surface area contributed by atoms with Gasteiger partial charge in [0.15, 0.2) is 0 Å². The van der Waals surface area contributed by atoms with Crippen molar-refractivity contribution >= 4 is 27.3 Å². The van der Waals surface area contributed by atoms with Crippen LogP contribution in [0.5, 0.6) is 0 Å². The van der Waals surface area contributed by atoms with E-state index >= 15 is 0 Å². The molecule has 0 spiro atoms. The van der Waals surface area contributed by atoms with Crippen molar-refractivity contribution < 1.29 is 0 Å². The van der Waals surface area contributed by atoms with E-state index in [-0.39, 0.29) is 11.5 Å². The summed E-state index contributed by atoms with van der Waals surface area (Å²) in [6.07, 6.45) is 3.08. The molecule has 0 bridgehead atoms. The Balaban J connectivity index is 2.28. The van der Waals surface area contributed by atoms with E-state index in [2.05, 4.69) is 71.6 Å². The Morgan fingerprint density at radius 1 is 1.20 bits per heavy atom. The monoisotopic (exact) mass is 351 g/mol. The summed E-state index contributed by atoms with van der Waals surface area (Å²) in [5.41, 5.74) is 8.07. The van der Waals surface area contributed by atoms with Crippen LogP contribution in [0, 0.1) is 0 Å². The molecule has 20 heavy (non-hydrogen) atoms. The molecule has 0 amide bonds. The van der Waals surface area contributed by atoms with Crippen molar-refractivity contribution in [3.8, 4) is 0 Å². The molecule has 108 valence electrons. The highest BCUT2D eigenvalue weighted by atomic mass is 79.9. The van der Waals surface area contributed by atoms with Crippen LogP contribution < -0.4 is 5.73 Å². The first-order chi connectivity index (χ1) is 9.62. The van der Waals surface area contributed by atoms with Gasteiger partial charge in [0.1, 0.15) is 0 Å². The molecule has 1 aromatic carbocycles. The summed E-state index contributed by atoms with van der Waals surface area (Å²) in [7, 11) is 0. The van der Waals surface area contributed by atoms with Gasteiger partial charge in [-0.05, 0) is 46.8 Å². The van der Waals surface area contributed by atoms with Crippen LogP contribution in [0.15, 0.2) is 46.3 Å². The van der Waals surface area contributed by atoms with Gasteiger partial charge in [0.25, 0.3) is 0 Å². The first-order valence-electron chi connectivity index (χ1n) is 7.16. The second-order valence-corrected chi connectivity index (χ2v) is 7.18. The van der Waals surface area contributed by atoms with Gasteiger partial charge in [-0.2, -0.15) is 0 Å². The summed E-state index contributed by atoms with van der Waals surface area (Å²) in [5.74, 6) is 0. The summed E-state index contributed by atoms with van der Waals surface area (Å²) in [6, 6.07) is 13.1. The standard InChI is InChI=1S/C17H22BrNS/c1-3-17(4-2,13-8-6-5-7-9-13)16(19)11-15-10-14(18)12-20-15/h5-10,12,16H,3-4,11,19H2,1-2H3. The Kier molecular flexibility index (Phi) is 5.42. The smallest absolute Gasteiger partial charge is 0.0285 e. The maximum atomic E-state index is 6.64. The quantitative estimate of drug-likeness (QED) is 0.765. The lowest BCUT2D eigenvalue weighted by Crippen LogP contribution is -2.46. The van der Waals surface area contributed by atoms with Gasteiger partial charge in [0, 0.05) is 26.2 Å². The normalized spacial score (nSPS) is 13.4. The highest BCUT2D eigenvalue weighted by molar-refractivity contribution is 9.10. The average molecular weight is 352 g/mol. The van der Waals surface area contributed by atoms with Gasteiger partial charge in [0.05, 0.1) is 0 Å². The van der Waals surface area contributed by atoms with E-state index in [1.165, 1.54) is 10.4 Å². The third kappa shape index (κ3) is 3.16. The molecule has 2 rings (SSSR count). The number of hydrogen-bond acceptors (Lipinski definition) is 2. The minimum atomic E-state index is 0.0672. The lowest BCUT2D eigenvalue weighted by Gasteiger charge is -2.38. The summed E-state index contributed by atoms with van der Waals surface area (Å²) in [5, 5.41) is 2.13. The topological polar surface area (TPSA) is 26.0 Å². The zero-order valence-corrected chi connectivity index (χ0v) is 14.5. The van der Waals surface area contributed by atoms with Crippen molar-refractivity contribution in [2.75, 3.05) is 0 Å². The molecule has 1 heterocycles. The Hall–Kier alpha value is -0.640. The van der Waals surface area contributed by atoms with Gasteiger partial charge in [-0.25, -0.2) is 0 Å². The SMILES string of the molecule is CCC(CC)(c1ccccc1)C(N)Cc1cc(Br)cs1. The summed E-state index contributed by atoms with van der Waals surface area (Å²) in [6.45, 7) is 4.50. The highest BCUT2D eigenvalue weighted by Gasteiger charge is 2.35. The maximum absolute atomic E-state index is 6.64. The van der Waals surface area contributed by atoms with Gasteiger partial charge in [-0.3, -0.25) is 0 Å². The van der Waals surface area contributed by atoms with E-state index in [0.717, 1.165) is 23.7 Å². The van der Waals surface area contributed by atoms with Gasteiger partial charge < -0.3 is 5.73 Å². The highest BCUT2D eigenvalue weighted by Crippen LogP contribution is 2.36. The molecular weight excluding hydrogens is 330 g/mol. The van der Waals surface area contributed by atoms with Crippen LogP contribution >= 0.6 is 27.3 Å². The molecule has 1 aromatic heterocycles. The molecule has 2 N–H and O–H groups in total. The average Bonchev–Trinajstić information content (AvgIpc) is 2.87. The van der Waals surface area contributed by atoms with Crippen LogP contribution in [0.2, 0.25) is 0 Å². The lowest BCUT2D eigenvalue weighted by atomic mass is 9.69. The van der Waals surface area contributed by atoms with Crippen molar-refractivity contribution in [2.45, 2.75) is 44.6 Å². The number of halogens is 1. The van der Waals surface area contributed by atoms with Crippen LogP contribution in [-0.4, -0.2) is 6.04 Å². The largest absolute Gasteiger partial charge is 0.327 e. The molecular formula is C17H22BrNS. The number of benzene rings is 1. The fraction of sp³-hybridized carbons (Fsp3) is 0.412. The Morgan fingerprint density at radius 3 is 2.35 bits per heavy atom. The lowest BCUT2D eigenvalue weighted by molar-refractivity contribution is 0.316. The second kappa shape index (κ2) is 6.88. The maximum Gasteiger partial charge on any atom is 0.0285 e. The van der Waals surface area contributed by atoms with Crippen LogP contribution in [-0.2, 0) is 11.8 Å². The molecule has 0 saturated heterocycles. The van der Waals surface area contributed by atoms with E-state index in [1.807, 2.05) is 0 Å². The van der Waals surface area contributed by atoms with E-state index in [0.29, 0.717) is 0 Å². The molecule has 1 unspecified atom stereocenters. The molecule has 0 aliphatic heterocycles. The summed E-state index contributed by atoms with van der Waals surface area (Å²) >= 11 is 5.30. The van der Waals surface area contributed by atoms with Gasteiger partial charge >= 0.3 is 0 Å². The number of nitrogens with two attached hydrogens (primary N) is 1. The van der Waals surface area contributed by atoms with Crippen molar-refractivity contribution in [1.82, 2.24) is 0 Å². The number of rotatable bonds is 6. The van der Waals surface area contributed by atoms with Crippen LogP contribution in [0.4, 0.5) is 0 Å². The molecule has 1 nitrogen and oxygen atoms in total. The summed E-state index contributed by atoms with van der Waals surface area (Å²) in [4.78, 5) is 1.35. The summed E-state index contributed by atoms with van der Waals surface area (Å²) < 4.78 is 1.16. The minimum absolute atomic E-state index is 0.0672. The zero-order valence-electron chi connectivity index (χ0n) is 12.1. The van der Waals surface area contributed by atoms with Crippen molar-refractivity contribution in [3.63, 3.8) is 0 Å². The third-order valence-corrected chi connectivity index (χ3v) is 6.08. The molecule has 2 aromatic rings. The third-order valence-electron chi connectivity index (χ3n) is 4.36. The molecule has 0 radical (unpaired) electrons. The van der Waals surface area contributed by atoms with Gasteiger partial charge in [-0.15, -0.1) is 11.3 Å². The predicted molar refractivity (Wildman–Crippen MR) is 92.4 cm³/mol. The second-order valence-electron chi connectivity index (χ2n) is 5.27. The molecule has 0 aliphatic carbocycles. The first-order valence-corrected chi connectivity index (χ1v) is 8.83. The fourth-order valence-corrected chi connectivity index (χ4v) is 4.55. The fourth-order valence-electron chi connectivity index (χ4n) is 3.04. The molecule has 0 saturated carbocycles. The van der Waals surface area contributed by atoms with E-state index < -0.39 is 0 Å². The first kappa shape index (κ1) is 15.7. The van der Waals surface area contributed by atoms with Crippen LogP contribution in [0.25, 0.3) is 0 Å². The molecule has 0 aliphatic rings. The molecule has 0 fully saturated rings.